The van der Waals surface area contributed by atoms with Crippen LogP contribution in [0.4, 0.5) is 10.5 Å². The molecule has 29 heavy (non-hydrogen) atoms. The summed E-state index contributed by atoms with van der Waals surface area (Å²) >= 11 is 0. The molecule has 1 fully saturated rings. The minimum atomic E-state index is -0.229. The highest BCUT2D eigenvalue weighted by atomic mass is 16.5. The van der Waals surface area contributed by atoms with Crippen LogP contribution in [0.5, 0.6) is 5.75 Å². The van der Waals surface area contributed by atoms with Crippen LogP contribution in [0, 0.1) is 6.92 Å². The largest absolute Gasteiger partial charge is 0.497 e. The number of benzene rings is 2. The summed E-state index contributed by atoms with van der Waals surface area (Å²) in [6.45, 7) is 2.63. The topological polar surface area (TPSA) is 80.5 Å². The fraction of sp³-hybridized carbons (Fsp3) is 0.318. The number of aromatic nitrogens is 2. The zero-order valence-corrected chi connectivity index (χ0v) is 16.6. The minimum absolute atomic E-state index is 0.145. The molecule has 0 bridgehead atoms. The van der Waals surface area contributed by atoms with Gasteiger partial charge in [-0.1, -0.05) is 23.4 Å². The first-order valence-electron chi connectivity index (χ1n) is 9.77. The lowest BCUT2D eigenvalue weighted by Gasteiger charge is -2.33. The molecule has 0 radical (unpaired) electrons. The summed E-state index contributed by atoms with van der Waals surface area (Å²) in [5.74, 6) is 1.74. The molecule has 0 saturated carbocycles. The van der Waals surface area contributed by atoms with Gasteiger partial charge < -0.3 is 19.5 Å². The number of likely N-dealkylation sites (tertiary alicyclic amines) is 1. The predicted molar refractivity (Wildman–Crippen MR) is 110 cm³/mol. The highest BCUT2D eigenvalue weighted by Gasteiger charge is 2.32. The molecule has 3 aromatic rings. The number of rotatable bonds is 4. The lowest BCUT2D eigenvalue weighted by atomic mass is 10.0. The second-order valence-electron chi connectivity index (χ2n) is 7.13. The number of piperidine rings is 1. The van der Waals surface area contributed by atoms with Gasteiger partial charge in [-0.3, -0.25) is 0 Å². The Morgan fingerprint density at radius 3 is 2.72 bits per heavy atom. The average molecular weight is 392 g/mol. The third kappa shape index (κ3) is 4.08. The second kappa shape index (κ2) is 8.34. The molecule has 0 spiro atoms. The van der Waals surface area contributed by atoms with Crippen LogP contribution in [0.3, 0.4) is 0 Å². The van der Waals surface area contributed by atoms with Crippen molar-refractivity contribution in [2.75, 3.05) is 19.0 Å². The molecule has 1 aliphatic heterocycles. The Balaban J connectivity index is 1.53. The van der Waals surface area contributed by atoms with Gasteiger partial charge in [0.05, 0.1) is 7.11 Å². The summed E-state index contributed by atoms with van der Waals surface area (Å²) in [5, 5.41) is 7.14. The predicted octanol–water partition coefficient (Wildman–Crippen LogP) is 4.81. The van der Waals surface area contributed by atoms with Gasteiger partial charge in [-0.2, -0.15) is 4.98 Å². The summed E-state index contributed by atoms with van der Waals surface area (Å²) in [6.07, 6.45) is 2.77. The van der Waals surface area contributed by atoms with Crippen LogP contribution in [0.25, 0.3) is 11.4 Å². The van der Waals surface area contributed by atoms with Crippen LogP contribution >= 0.6 is 0 Å². The third-order valence-electron chi connectivity index (χ3n) is 5.23. The molecule has 1 unspecified atom stereocenters. The SMILES string of the molecule is COc1ccc(-c2noc(C3CCCCN3C(=O)Nc3ccccc3C)n2)cc1. The van der Waals surface area contributed by atoms with E-state index in [2.05, 4.69) is 15.5 Å². The molecule has 1 N–H and O–H groups in total. The van der Waals surface area contributed by atoms with Gasteiger partial charge in [0, 0.05) is 17.8 Å². The lowest BCUT2D eigenvalue weighted by Crippen LogP contribution is -2.41. The molecule has 1 aliphatic rings. The van der Waals surface area contributed by atoms with Gasteiger partial charge in [0.15, 0.2) is 0 Å². The fourth-order valence-electron chi connectivity index (χ4n) is 3.56. The van der Waals surface area contributed by atoms with Crippen LogP contribution in [0.1, 0.15) is 36.8 Å². The van der Waals surface area contributed by atoms with Crippen LogP contribution in [0.2, 0.25) is 0 Å². The van der Waals surface area contributed by atoms with Crippen molar-refractivity contribution in [3.05, 3.63) is 60.0 Å². The molecule has 7 nitrogen and oxygen atoms in total. The van der Waals surface area contributed by atoms with E-state index in [1.807, 2.05) is 55.5 Å². The van der Waals surface area contributed by atoms with Crippen molar-refractivity contribution in [2.24, 2.45) is 0 Å². The van der Waals surface area contributed by atoms with Gasteiger partial charge in [0.25, 0.3) is 0 Å². The summed E-state index contributed by atoms with van der Waals surface area (Å²) in [4.78, 5) is 19.3. The third-order valence-corrected chi connectivity index (χ3v) is 5.23. The number of hydrogen-bond acceptors (Lipinski definition) is 5. The number of anilines is 1. The number of aryl methyl sites for hydroxylation is 1. The second-order valence-corrected chi connectivity index (χ2v) is 7.13. The molecular weight excluding hydrogens is 368 g/mol. The summed E-state index contributed by atoms with van der Waals surface area (Å²) < 4.78 is 10.7. The number of hydrogen-bond donors (Lipinski definition) is 1. The standard InChI is InChI=1S/C22H24N4O3/c1-15-7-3-4-8-18(15)23-22(27)26-14-6-5-9-19(26)21-24-20(25-29-21)16-10-12-17(28-2)13-11-16/h3-4,7-8,10-13,19H,5-6,9,14H2,1-2H3,(H,23,27). The fourth-order valence-corrected chi connectivity index (χ4v) is 3.56. The Bertz CT molecular complexity index is 984. The molecule has 7 heteroatoms. The van der Waals surface area contributed by atoms with E-state index in [1.165, 1.54) is 0 Å². The number of para-hydroxylation sites is 1. The number of amides is 2. The Morgan fingerprint density at radius 1 is 1.17 bits per heavy atom. The number of nitrogens with zero attached hydrogens (tertiary/aromatic N) is 3. The quantitative estimate of drug-likeness (QED) is 0.689. The maximum atomic E-state index is 13.0. The van der Waals surface area contributed by atoms with E-state index in [-0.39, 0.29) is 12.1 Å². The first-order valence-corrected chi connectivity index (χ1v) is 9.77. The molecule has 1 saturated heterocycles. The molecule has 4 rings (SSSR count). The molecule has 1 aromatic heterocycles. The van der Waals surface area contributed by atoms with Crippen LogP contribution < -0.4 is 10.1 Å². The number of ether oxygens (including phenoxy) is 1. The van der Waals surface area contributed by atoms with E-state index in [4.69, 9.17) is 9.26 Å². The number of urea groups is 1. The molecule has 0 aliphatic carbocycles. The Morgan fingerprint density at radius 2 is 1.97 bits per heavy atom. The van der Waals surface area contributed by atoms with E-state index < -0.39 is 0 Å². The number of carbonyl (C=O) groups is 1. The zero-order valence-electron chi connectivity index (χ0n) is 16.6. The van der Waals surface area contributed by atoms with Crippen LogP contribution in [-0.2, 0) is 0 Å². The van der Waals surface area contributed by atoms with Crippen molar-refractivity contribution in [1.29, 1.82) is 0 Å². The van der Waals surface area contributed by atoms with Crippen molar-refractivity contribution in [3.63, 3.8) is 0 Å². The van der Waals surface area contributed by atoms with E-state index in [0.717, 1.165) is 41.8 Å². The molecule has 2 amide bonds. The van der Waals surface area contributed by atoms with Crippen molar-refractivity contribution in [1.82, 2.24) is 15.0 Å². The van der Waals surface area contributed by atoms with Crippen molar-refractivity contribution in [3.8, 4) is 17.1 Å². The van der Waals surface area contributed by atoms with Crippen LogP contribution in [-0.4, -0.2) is 34.7 Å². The van der Waals surface area contributed by atoms with E-state index in [1.54, 1.807) is 12.0 Å². The monoisotopic (exact) mass is 392 g/mol. The van der Waals surface area contributed by atoms with Gasteiger partial charge in [0.2, 0.25) is 11.7 Å². The molecule has 150 valence electrons. The highest BCUT2D eigenvalue weighted by Crippen LogP contribution is 2.32. The highest BCUT2D eigenvalue weighted by molar-refractivity contribution is 5.90. The summed E-state index contributed by atoms with van der Waals surface area (Å²) in [6, 6.07) is 14.8. The van der Waals surface area contributed by atoms with E-state index in [9.17, 15) is 4.79 Å². The number of methoxy groups -OCH3 is 1. The average Bonchev–Trinajstić information content (AvgIpc) is 3.25. The molecule has 2 heterocycles. The number of nitrogens with one attached hydrogen (secondary N) is 1. The van der Waals surface area contributed by atoms with Crippen molar-refractivity contribution < 1.29 is 14.1 Å². The van der Waals surface area contributed by atoms with Crippen molar-refractivity contribution in [2.45, 2.75) is 32.2 Å². The normalized spacial score (nSPS) is 16.5. The van der Waals surface area contributed by atoms with Gasteiger partial charge in [0.1, 0.15) is 11.8 Å². The smallest absolute Gasteiger partial charge is 0.322 e. The number of carbonyl (C=O) groups excluding carboxylic acids is 1. The first-order chi connectivity index (χ1) is 14.2. The van der Waals surface area contributed by atoms with Gasteiger partial charge in [-0.25, -0.2) is 4.79 Å². The maximum absolute atomic E-state index is 13.0. The zero-order chi connectivity index (χ0) is 20.2. The van der Waals surface area contributed by atoms with E-state index >= 15 is 0 Å². The Labute approximate surface area is 169 Å². The molecule has 1 atom stereocenters. The van der Waals surface area contributed by atoms with Gasteiger partial charge in [-0.05, 0) is 62.1 Å². The van der Waals surface area contributed by atoms with Gasteiger partial charge >= 0.3 is 6.03 Å². The lowest BCUT2D eigenvalue weighted by molar-refractivity contribution is 0.142. The first kappa shape index (κ1) is 19.0. The molecular formula is C22H24N4O3. The Hall–Kier alpha value is -3.35. The minimum Gasteiger partial charge on any atom is -0.497 e. The van der Waals surface area contributed by atoms with Gasteiger partial charge in [-0.15, -0.1) is 0 Å². The summed E-state index contributed by atoms with van der Waals surface area (Å²) in [5.41, 5.74) is 2.67. The van der Waals surface area contributed by atoms with E-state index in [0.29, 0.717) is 18.3 Å². The molecule has 2 aromatic carbocycles. The maximum Gasteiger partial charge on any atom is 0.322 e. The van der Waals surface area contributed by atoms with Crippen molar-refractivity contribution >= 4 is 11.7 Å². The summed E-state index contributed by atoms with van der Waals surface area (Å²) in [7, 11) is 1.63. The van der Waals surface area contributed by atoms with Crippen LogP contribution in [0.15, 0.2) is 53.1 Å². The Kier molecular flexibility index (Phi) is 5.46.